The van der Waals surface area contributed by atoms with E-state index < -0.39 is 0 Å². The van der Waals surface area contributed by atoms with Crippen molar-refractivity contribution in [3.05, 3.63) is 41.8 Å². The number of aryl methyl sites for hydroxylation is 1. The Hall–Kier alpha value is -0.300. The Labute approximate surface area is 76.8 Å². The average Bonchev–Trinajstić information content (AvgIpc) is 2.07. The van der Waals surface area contributed by atoms with Gasteiger partial charge in [0.05, 0.1) is 0 Å². The maximum atomic E-state index is 3.41. The molecule has 0 heterocycles. The smallest absolute Gasteiger partial charge is 0.00718 e. The molecule has 0 atom stereocenters. The molecule has 0 spiro atoms. The molecule has 0 aliphatic rings. The van der Waals surface area contributed by atoms with E-state index in [1.54, 1.807) is 0 Å². The van der Waals surface area contributed by atoms with Gasteiger partial charge in [0.2, 0.25) is 0 Å². The van der Waals surface area contributed by atoms with Crippen molar-refractivity contribution < 1.29 is 0 Å². The lowest BCUT2D eigenvalue weighted by Crippen LogP contribution is -1.85. The molecule has 1 aromatic rings. The zero-order valence-electron chi connectivity index (χ0n) is 6.68. The van der Waals surface area contributed by atoms with Gasteiger partial charge in [-0.3, -0.25) is 0 Å². The standard InChI is InChI=1S/C10H12Br/c1-2-9-3-5-10(6-4-9)7-8-11/h2-6H,7-8H2,1H3. The van der Waals surface area contributed by atoms with Gasteiger partial charge in [-0.2, -0.15) is 0 Å². The highest BCUT2D eigenvalue weighted by Crippen LogP contribution is 2.07. The fourth-order valence-corrected chi connectivity index (χ4v) is 1.44. The summed E-state index contributed by atoms with van der Waals surface area (Å²) in [4.78, 5) is 0. The monoisotopic (exact) mass is 211 g/mol. The second kappa shape index (κ2) is 4.55. The van der Waals surface area contributed by atoms with Crippen molar-refractivity contribution >= 4 is 15.9 Å². The predicted octanol–water partition coefficient (Wildman–Crippen LogP) is 3.20. The van der Waals surface area contributed by atoms with Crippen molar-refractivity contribution in [3.8, 4) is 0 Å². The summed E-state index contributed by atoms with van der Waals surface area (Å²) in [6, 6.07) is 8.66. The van der Waals surface area contributed by atoms with Crippen LogP contribution in [0.15, 0.2) is 24.3 Å². The van der Waals surface area contributed by atoms with Crippen molar-refractivity contribution in [1.29, 1.82) is 0 Å². The van der Waals surface area contributed by atoms with Crippen LogP contribution in [0.3, 0.4) is 0 Å². The molecule has 11 heavy (non-hydrogen) atoms. The van der Waals surface area contributed by atoms with Crippen LogP contribution in [0.5, 0.6) is 0 Å². The molecule has 0 N–H and O–H groups in total. The van der Waals surface area contributed by atoms with Crippen LogP contribution in [-0.2, 0) is 6.42 Å². The third-order valence-electron chi connectivity index (χ3n) is 1.70. The Kier molecular flexibility index (Phi) is 3.64. The van der Waals surface area contributed by atoms with Crippen LogP contribution in [0.1, 0.15) is 18.1 Å². The van der Waals surface area contributed by atoms with Gasteiger partial charge in [-0.1, -0.05) is 47.1 Å². The molecular weight excluding hydrogens is 200 g/mol. The molecule has 59 valence electrons. The van der Waals surface area contributed by atoms with Crippen LogP contribution in [0.2, 0.25) is 0 Å². The molecule has 1 heteroatoms. The first-order chi connectivity index (χ1) is 5.36. The Morgan fingerprint density at radius 1 is 1.27 bits per heavy atom. The second-order valence-electron chi connectivity index (χ2n) is 2.47. The first kappa shape index (κ1) is 8.79. The van der Waals surface area contributed by atoms with Crippen LogP contribution in [0, 0.1) is 6.42 Å². The number of hydrogen-bond acceptors (Lipinski definition) is 0. The summed E-state index contributed by atoms with van der Waals surface area (Å²) >= 11 is 3.41. The summed E-state index contributed by atoms with van der Waals surface area (Å²) < 4.78 is 0. The van der Waals surface area contributed by atoms with Gasteiger partial charge in [0.15, 0.2) is 0 Å². The minimum Gasteiger partial charge on any atom is -0.0924 e. The molecule has 0 aliphatic carbocycles. The highest BCUT2D eigenvalue weighted by atomic mass is 79.9. The molecule has 1 aromatic carbocycles. The van der Waals surface area contributed by atoms with Crippen LogP contribution in [0.25, 0.3) is 0 Å². The highest BCUT2D eigenvalue weighted by molar-refractivity contribution is 9.09. The van der Waals surface area contributed by atoms with E-state index in [-0.39, 0.29) is 0 Å². The maximum absolute atomic E-state index is 3.41. The first-order valence-corrected chi connectivity index (χ1v) is 4.93. The Morgan fingerprint density at radius 3 is 2.36 bits per heavy atom. The fraction of sp³-hybridized carbons (Fsp3) is 0.300. The molecule has 0 nitrogen and oxygen atoms in total. The average molecular weight is 212 g/mol. The minimum atomic E-state index is 1.04. The molecule has 0 bridgehead atoms. The van der Waals surface area contributed by atoms with E-state index in [0.29, 0.717) is 0 Å². The molecule has 1 radical (unpaired) electrons. The van der Waals surface area contributed by atoms with Gasteiger partial charge >= 0.3 is 0 Å². The van der Waals surface area contributed by atoms with E-state index >= 15 is 0 Å². The summed E-state index contributed by atoms with van der Waals surface area (Å²) in [5.74, 6) is 0. The van der Waals surface area contributed by atoms with Gasteiger partial charge in [-0.05, 0) is 24.0 Å². The van der Waals surface area contributed by atoms with E-state index in [1.165, 1.54) is 11.1 Å². The van der Waals surface area contributed by atoms with E-state index in [2.05, 4.69) is 53.5 Å². The van der Waals surface area contributed by atoms with Gasteiger partial charge in [-0.25, -0.2) is 0 Å². The van der Waals surface area contributed by atoms with Crippen molar-refractivity contribution in [2.45, 2.75) is 13.3 Å². The zero-order valence-corrected chi connectivity index (χ0v) is 8.26. The topological polar surface area (TPSA) is 0 Å². The first-order valence-electron chi connectivity index (χ1n) is 3.81. The summed E-state index contributed by atoms with van der Waals surface area (Å²) in [5, 5.41) is 1.04. The lowest BCUT2D eigenvalue weighted by molar-refractivity contribution is 1.16. The number of halogens is 1. The van der Waals surface area contributed by atoms with Crippen molar-refractivity contribution in [1.82, 2.24) is 0 Å². The summed E-state index contributed by atoms with van der Waals surface area (Å²) in [7, 11) is 0. The van der Waals surface area contributed by atoms with Crippen molar-refractivity contribution in [3.63, 3.8) is 0 Å². The molecule has 0 unspecified atom stereocenters. The van der Waals surface area contributed by atoms with Gasteiger partial charge in [0.1, 0.15) is 0 Å². The van der Waals surface area contributed by atoms with Gasteiger partial charge < -0.3 is 0 Å². The second-order valence-corrected chi connectivity index (χ2v) is 3.26. The van der Waals surface area contributed by atoms with Gasteiger partial charge in [0, 0.05) is 5.33 Å². The van der Waals surface area contributed by atoms with Crippen molar-refractivity contribution in [2.75, 3.05) is 5.33 Å². The summed E-state index contributed by atoms with van der Waals surface area (Å²) in [6.45, 7) is 2.06. The number of benzene rings is 1. The van der Waals surface area contributed by atoms with Crippen LogP contribution >= 0.6 is 15.9 Å². The Morgan fingerprint density at radius 2 is 1.91 bits per heavy atom. The molecule has 1 rings (SSSR count). The summed E-state index contributed by atoms with van der Waals surface area (Å²) in [5.41, 5.74) is 2.69. The molecule has 0 aromatic heterocycles. The fourth-order valence-electron chi connectivity index (χ4n) is 0.986. The number of hydrogen-bond donors (Lipinski definition) is 0. The quantitative estimate of drug-likeness (QED) is 0.675. The van der Waals surface area contributed by atoms with E-state index in [4.69, 9.17) is 0 Å². The zero-order chi connectivity index (χ0) is 8.10. The van der Waals surface area contributed by atoms with Crippen LogP contribution < -0.4 is 0 Å². The van der Waals surface area contributed by atoms with E-state index in [9.17, 15) is 0 Å². The molecular formula is C10H12Br. The molecule has 0 aliphatic heterocycles. The van der Waals surface area contributed by atoms with Crippen LogP contribution in [0.4, 0.5) is 0 Å². The lowest BCUT2D eigenvalue weighted by Gasteiger charge is -1.98. The van der Waals surface area contributed by atoms with Crippen LogP contribution in [-0.4, -0.2) is 5.33 Å². The Balaban J connectivity index is 2.66. The maximum Gasteiger partial charge on any atom is 0.00718 e. The third-order valence-corrected chi connectivity index (χ3v) is 2.09. The van der Waals surface area contributed by atoms with Gasteiger partial charge in [-0.15, -0.1) is 0 Å². The third kappa shape index (κ3) is 2.66. The molecule has 0 fully saturated rings. The molecule has 0 saturated carbocycles. The van der Waals surface area contributed by atoms with Gasteiger partial charge in [0.25, 0.3) is 0 Å². The number of rotatable bonds is 3. The normalized spacial score (nSPS) is 10.0. The Bertz CT molecular complexity index is 201. The largest absolute Gasteiger partial charge is 0.0924 e. The minimum absolute atomic E-state index is 1.04. The predicted molar refractivity (Wildman–Crippen MR) is 53.0 cm³/mol. The highest BCUT2D eigenvalue weighted by Gasteiger charge is 1.91. The summed E-state index contributed by atoms with van der Waals surface area (Å²) in [6.07, 6.45) is 3.22. The van der Waals surface area contributed by atoms with E-state index in [0.717, 1.165) is 11.8 Å². The lowest BCUT2D eigenvalue weighted by atomic mass is 10.1. The van der Waals surface area contributed by atoms with E-state index in [1.807, 2.05) is 0 Å². The molecule has 0 saturated heterocycles. The number of alkyl halides is 1. The SMILES string of the molecule is C[CH]c1ccc(CCBr)cc1. The molecule has 0 amide bonds. The van der Waals surface area contributed by atoms with Crippen molar-refractivity contribution in [2.24, 2.45) is 0 Å².